The first-order chi connectivity index (χ1) is 17.0. The summed E-state index contributed by atoms with van der Waals surface area (Å²) in [7, 11) is 0. The van der Waals surface area contributed by atoms with Gasteiger partial charge >= 0.3 is 11.9 Å². The molecule has 0 amide bonds. The minimum atomic E-state index is -0.954. The maximum atomic E-state index is 11.7. The molecule has 35 heavy (non-hydrogen) atoms. The van der Waals surface area contributed by atoms with E-state index in [2.05, 4.69) is 13.8 Å². The zero-order valence-corrected chi connectivity index (χ0v) is 23.1. The van der Waals surface area contributed by atoms with Crippen molar-refractivity contribution in [1.29, 1.82) is 0 Å². The molecule has 0 bridgehead atoms. The fourth-order valence-corrected chi connectivity index (χ4v) is 3.80. The average molecular weight is 503 g/mol. The summed E-state index contributed by atoms with van der Waals surface area (Å²) < 4.78 is 4.92. The monoisotopic (exact) mass is 502 g/mol. The topological polar surface area (TPSA) is 104 Å². The van der Waals surface area contributed by atoms with Crippen LogP contribution in [0.5, 0.6) is 0 Å². The van der Waals surface area contributed by atoms with Crippen molar-refractivity contribution in [3.8, 4) is 0 Å². The van der Waals surface area contributed by atoms with Crippen LogP contribution in [0.15, 0.2) is 0 Å². The number of hydrogen-bond acceptors (Lipinski definition) is 6. The molecule has 3 N–H and O–H groups in total. The number of aliphatic hydroxyl groups excluding tert-OH is 3. The molecule has 0 spiro atoms. The van der Waals surface area contributed by atoms with Crippen molar-refractivity contribution in [2.24, 2.45) is 0 Å². The van der Waals surface area contributed by atoms with E-state index in [4.69, 9.17) is 20.1 Å². The smallest absolute Gasteiger partial charge is 0.313 e. The second-order valence-electron chi connectivity index (χ2n) is 9.73. The molecule has 6 nitrogen and oxygen atoms in total. The first kappa shape index (κ1) is 36.2. The zero-order chi connectivity index (χ0) is 26.4. The van der Waals surface area contributed by atoms with Crippen LogP contribution in [0.3, 0.4) is 0 Å². The summed E-state index contributed by atoms with van der Waals surface area (Å²) >= 11 is 0. The van der Waals surface area contributed by atoms with Crippen molar-refractivity contribution in [2.45, 2.75) is 161 Å². The molecule has 6 heteroatoms. The molecule has 0 rings (SSSR count). The molecule has 0 aromatic heterocycles. The lowest BCUT2D eigenvalue weighted by Gasteiger charge is -2.04. The summed E-state index contributed by atoms with van der Waals surface area (Å²) in [4.78, 5) is 23.4. The predicted octanol–water partition coefficient (Wildman–Crippen LogP) is 7.01. The highest BCUT2D eigenvalue weighted by Crippen LogP contribution is 2.13. The molecule has 0 saturated carbocycles. The van der Waals surface area contributed by atoms with Crippen molar-refractivity contribution in [2.75, 3.05) is 13.2 Å². The Morgan fingerprint density at radius 2 is 0.771 bits per heavy atom. The maximum Gasteiger partial charge on any atom is 0.313 e. The Labute approximate surface area is 216 Å². The largest absolute Gasteiger partial charge is 0.394 e. The number of unbranched alkanes of at least 4 members (excludes halogenated alkanes) is 18. The Balaban J connectivity index is 0. The number of ether oxygens (including phenoxy) is 1. The van der Waals surface area contributed by atoms with Gasteiger partial charge in [-0.3, -0.25) is 9.59 Å². The van der Waals surface area contributed by atoms with E-state index in [-0.39, 0.29) is 25.2 Å². The van der Waals surface area contributed by atoms with Crippen molar-refractivity contribution in [3.05, 3.63) is 0 Å². The van der Waals surface area contributed by atoms with Crippen LogP contribution < -0.4 is 0 Å². The zero-order valence-electron chi connectivity index (χ0n) is 23.1. The van der Waals surface area contributed by atoms with Gasteiger partial charge in [-0.2, -0.15) is 0 Å². The first-order valence-electron chi connectivity index (χ1n) is 14.6. The highest BCUT2D eigenvalue weighted by Gasteiger charge is 2.09. The highest BCUT2D eigenvalue weighted by atomic mass is 16.6. The lowest BCUT2D eigenvalue weighted by Crippen LogP contribution is -2.15. The third-order valence-corrected chi connectivity index (χ3v) is 6.12. The molecule has 0 fully saturated rings. The Hall–Kier alpha value is -0.980. The molecular formula is C29H58O6. The number of carbonyl (C=O) groups is 2. The van der Waals surface area contributed by atoms with Gasteiger partial charge in [-0.15, -0.1) is 0 Å². The molecule has 0 atom stereocenters. The van der Waals surface area contributed by atoms with Crippen LogP contribution in [0.1, 0.15) is 155 Å². The second-order valence-corrected chi connectivity index (χ2v) is 9.73. The Kier molecular flexibility index (Phi) is 32.1. The molecule has 0 aromatic carbocycles. The number of hydrogen-bond donors (Lipinski definition) is 3. The van der Waals surface area contributed by atoms with E-state index in [0.717, 1.165) is 25.7 Å². The van der Waals surface area contributed by atoms with Crippen LogP contribution in [0.2, 0.25) is 0 Å². The lowest BCUT2D eigenvalue weighted by molar-refractivity contribution is -0.159. The van der Waals surface area contributed by atoms with Crippen LogP contribution in [0, 0.1) is 0 Å². The maximum absolute atomic E-state index is 11.7. The average Bonchev–Trinajstić information content (AvgIpc) is 2.86. The van der Waals surface area contributed by atoms with Crippen LogP contribution in [0.4, 0.5) is 0 Å². The van der Waals surface area contributed by atoms with Crippen molar-refractivity contribution >= 4 is 11.9 Å². The lowest BCUT2D eigenvalue weighted by atomic mass is 10.0. The third kappa shape index (κ3) is 33.0. The van der Waals surface area contributed by atoms with Crippen molar-refractivity contribution in [3.63, 3.8) is 0 Å². The number of aliphatic hydroxyl groups is 3. The van der Waals surface area contributed by atoms with E-state index in [1.54, 1.807) is 0 Å². The van der Waals surface area contributed by atoms with Gasteiger partial charge in [0.15, 0.2) is 0 Å². The Morgan fingerprint density at radius 3 is 1.00 bits per heavy atom. The molecule has 0 aliphatic rings. The van der Waals surface area contributed by atoms with Gasteiger partial charge in [-0.25, -0.2) is 0 Å². The quantitative estimate of drug-likeness (QED) is 0.0745. The fourth-order valence-electron chi connectivity index (χ4n) is 3.80. The summed E-state index contributed by atoms with van der Waals surface area (Å²) in [6.07, 6.45) is 24.7. The SMILES string of the molecule is CCCCCCCCCCCCCCCC(=O)OC(=O)CCCCCCCCC.OCC(O)CO. The summed E-state index contributed by atoms with van der Waals surface area (Å²) in [6, 6.07) is 0. The van der Waals surface area contributed by atoms with E-state index in [9.17, 15) is 9.59 Å². The Bertz CT molecular complexity index is 437. The van der Waals surface area contributed by atoms with Gasteiger partial charge in [0.1, 0.15) is 6.10 Å². The normalized spacial score (nSPS) is 10.8. The molecule has 0 unspecified atom stereocenters. The van der Waals surface area contributed by atoms with Crippen molar-refractivity contribution in [1.82, 2.24) is 0 Å². The van der Waals surface area contributed by atoms with Gasteiger partial charge in [0.25, 0.3) is 0 Å². The number of rotatable bonds is 24. The van der Waals surface area contributed by atoms with E-state index < -0.39 is 6.10 Å². The predicted molar refractivity (Wildman–Crippen MR) is 144 cm³/mol. The molecule has 0 aromatic rings. The molecule has 0 aliphatic carbocycles. The summed E-state index contributed by atoms with van der Waals surface area (Å²) in [5.41, 5.74) is 0. The minimum Gasteiger partial charge on any atom is -0.394 e. The number of carbonyl (C=O) groups excluding carboxylic acids is 2. The summed E-state index contributed by atoms with van der Waals surface area (Å²) in [6.45, 7) is 3.75. The van der Waals surface area contributed by atoms with E-state index in [0.29, 0.717) is 12.8 Å². The molecule has 0 saturated heterocycles. The highest BCUT2D eigenvalue weighted by molar-refractivity contribution is 5.85. The summed E-state index contributed by atoms with van der Waals surface area (Å²) in [5.74, 6) is -0.667. The first-order valence-corrected chi connectivity index (χ1v) is 14.6. The van der Waals surface area contributed by atoms with Gasteiger partial charge < -0.3 is 20.1 Å². The van der Waals surface area contributed by atoms with Gasteiger partial charge in [0, 0.05) is 12.8 Å². The molecule has 0 aliphatic heterocycles. The van der Waals surface area contributed by atoms with E-state index in [1.807, 2.05) is 0 Å². The molecular weight excluding hydrogens is 444 g/mol. The third-order valence-electron chi connectivity index (χ3n) is 6.12. The van der Waals surface area contributed by atoms with Gasteiger partial charge in [-0.1, -0.05) is 129 Å². The van der Waals surface area contributed by atoms with E-state index in [1.165, 1.54) is 103 Å². The van der Waals surface area contributed by atoms with Crippen molar-refractivity contribution < 1.29 is 29.6 Å². The van der Waals surface area contributed by atoms with Crippen LogP contribution in [-0.4, -0.2) is 46.6 Å². The number of esters is 2. The van der Waals surface area contributed by atoms with Crippen LogP contribution >= 0.6 is 0 Å². The van der Waals surface area contributed by atoms with E-state index >= 15 is 0 Å². The molecule has 210 valence electrons. The second kappa shape index (κ2) is 31.1. The van der Waals surface area contributed by atoms with Gasteiger partial charge in [-0.05, 0) is 12.8 Å². The fraction of sp³-hybridized carbons (Fsp3) is 0.931. The summed E-state index contributed by atoms with van der Waals surface area (Å²) in [5, 5.41) is 24.0. The minimum absolute atomic E-state index is 0.332. The molecule has 0 heterocycles. The van der Waals surface area contributed by atoms with Gasteiger partial charge in [0.05, 0.1) is 13.2 Å². The van der Waals surface area contributed by atoms with Gasteiger partial charge in [0.2, 0.25) is 0 Å². The van der Waals surface area contributed by atoms with Crippen LogP contribution in [0.25, 0.3) is 0 Å². The standard InChI is InChI=1S/C26H50O3.C3H8O3/c1-3-5-7-9-11-12-13-14-15-16-18-20-22-24-26(28)29-25(27)23-21-19-17-10-8-6-4-2;4-1-3(6)2-5/h3-24H2,1-2H3;3-6H,1-2H2. The Morgan fingerprint density at radius 1 is 0.514 bits per heavy atom. The van der Waals surface area contributed by atoms with Crippen LogP contribution in [-0.2, 0) is 14.3 Å². The molecule has 0 radical (unpaired) electrons.